The van der Waals surface area contributed by atoms with Crippen molar-refractivity contribution in [3.63, 3.8) is 0 Å². The minimum Gasteiger partial charge on any atom is -0.399 e. The number of hydrogen-bond donors (Lipinski definition) is 2. The highest BCUT2D eigenvalue weighted by atomic mass is 35.5. The zero-order valence-corrected chi connectivity index (χ0v) is 13.1. The maximum atomic E-state index is 5.90. The predicted molar refractivity (Wildman–Crippen MR) is 87.0 cm³/mol. The van der Waals surface area contributed by atoms with E-state index >= 15 is 0 Å². The van der Waals surface area contributed by atoms with E-state index in [1.54, 1.807) is 0 Å². The van der Waals surface area contributed by atoms with E-state index in [0.717, 1.165) is 25.3 Å². The first-order chi connectivity index (χ1) is 8.20. The fourth-order valence-electron chi connectivity index (χ4n) is 2.84. The molecule has 0 saturated carbocycles. The Balaban J connectivity index is 0.00000162. The highest BCUT2D eigenvalue weighted by molar-refractivity contribution is 5.85. The number of nitrogens with two attached hydrogens (primary N) is 2. The summed E-state index contributed by atoms with van der Waals surface area (Å²) in [5, 5.41) is 0. The van der Waals surface area contributed by atoms with Gasteiger partial charge < -0.3 is 11.5 Å². The first kappa shape index (κ1) is 18.5. The first-order valence-corrected chi connectivity index (χ1v) is 6.49. The maximum absolute atomic E-state index is 5.90. The Hall–Kier alpha value is -0.480. The minimum atomic E-state index is 0. The van der Waals surface area contributed by atoms with Gasteiger partial charge in [-0.05, 0) is 43.0 Å². The molecule has 1 aromatic carbocycles. The highest BCUT2D eigenvalue weighted by Gasteiger charge is 2.26. The SMILES string of the molecule is CC1CCCN(Cc2cccc(N)c2)C1CN.Cl.Cl. The van der Waals surface area contributed by atoms with Gasteiger partial charge in [-0.15, -0.1) is 24.8 Å². The summed E-state index contributed by atoms with van der Waals surface area (Å²) in [6, 6.07) is 8.68. The van der Waals surface area contributed by atoms with E-state index in [1.807, 2.05) is 12.1 Å². The van der Waals surface area contributed by atoms with Gasteiger partial charge in [-0.25, -0.2) is 0 Å². The normalized spacial score (nSPS) is 23.3. The van der Waals surface area contributed by atoms with Crippen LogP contribution in [0.2, 0.25) is 0 Å². The smallest absolute Gasteiger partial charge is 0.0317 e. The van der Waals surface area contributed by atoms with Crippen molar-refractivity contribution in [2.45, 2.75) is 32.4 Å². The second-order valence-corrected chi connectivity index (χ2v) is 5.14. The fourth-order valence-corrected chi connectivity index (χ4v) is 2.84. The van der Waals surface area contributed by atoms with Gasteiger partial charge in [0.1, 0.15) is 0 Å². The number of halogens is 2. The predicted octanol–water partition coefficient (Wildman–Crippen LogP) is 2.67. The van der Waals surface area contributed by atoms with Gasteiger partial charge in [-0.2, -0.15) is 0 Å². The Kier molecular flexibility index (Phi) is 8.42. The fraction of sp³-hybridized carbons (Fsp3) is 0.571. The molecule has 110 valence electrons. The van der Waals surface area contributed by atoms with Crippen LogP contribution in [0.25, 0.3) is 0 Å². The number of nitrogen functional groups attached to an aromatic ring is 1. The Morgan fingerprint density at radius 3 is 2.68 bits per heavy atom. The Morgan fingerprint density at radius 2 is 2.05 bits per heavy atom. The average molecular weight is 306 g/mol. The molecular formula is C14H25Cl2N3. The van der Waals surface area contributed by atoms with Crippen molar-refractivity contribution in [1.82, 2.24) is 4.90 Å². The molecule has 5 heteroatoms. The summed E-state index contributed by atoms with van der Waals surface area (Å²) < 4.78 is 0. The molecule has 1 saturated heterocycles. The lowest BCUT2D eigenvalue weighted by Gasteiger charge is -2.39. The van der Waals surface area contributed by atoms with Crippen molar-refractivity contribution in [3.8, 4) is 0 Å². The molecule has 2 unspecified atom stereocenters. The molecule has 1 heterocycles. The van der Waals surface area contributed by atoms with E-state index in [1.165, 1.54) is 18.4 Å². The van der Waals surface area contributed by atoms with E-state index < -0.39 is 0 Å². The molecule has 3 nitrogen and oxygen atoms in total. The van der Waals surface area contributed by atoms with Crippen LogP contribution in [0.3, 0.4) is 0 Å². The van der Waals surface area contributed by atoms with Crippen molar-refractivity contribution in [2.24, 2.45) is 11.7 Å². The van der Waals surface area contributed by atoms with Crippen LogP contribution in [0, 0.1) is 5.92 Å². The molecule has 0 amide bonds. The first-order valence-electron chi connectivity index (χ1n) is 6.49. The van der Waals surface area contributed by atoms with Crippen LogP contribution >= 0.6 is 24.8 Å². The number of hydrogen-bond acceptors (Lipinski definition) is 3. The topological polar surface area (TPSA) is 55.3 Å². The van der Waals surface area contributed by atoms with Gasteiger partial charge in [0.05, 0.1) is 0 Å². The van der Waals surface area contributed by atoms with E-state index in [0.29, 0.717) is 12.0 Å². The lowest BCUT2D eigenvalue weighted by atomic mass is 9.90. The lowest BCUT2D eigenvalue weighted by molar-refractivity contribution is 0.0991. The Bertz CT molecular complexity index is 373. The summed E-state index contributed by atoms with van der Waals surface area (Å²) in [7, 11) is 0. The summed E-state index contributed by atoms with van der Waals surface area (Å²) in [4.78, 5) is 2.50. The summed E-state index contributed by atoms with van der Waals surface area (Å²) in [6.07, 6.45) is 2.58. The van der Waals surface area contributed by atoms with Gasteiger partial charge in [0.2, 0.25) is 0 Å². The monoisotopic (exact) mass is 305 g/mol. The molecule has 2 atom stereocenters. The van der Waals surface area contributed by atoms with Gasteiger partial charge in [0.25, 0.3) is 0 Å². The number of piperidine rings is 1. The van der Waals surface area contributed by atoms with Crippen molar-refractivity contribution in [3.05, 3.63) is 29.8 Å². The van der Waals surface area contributed by atoms with Crippen LogP contribution in [0.5, 0.6) is 0 Å². The highest BCUT2D eigenvalue weighted by Crippen LogP contribution is 2.24. The summed E-state index contributed by atoms with van der Waals surface area (Å²) in [5.74, 6) is 0.704. The van der Waals surface area contributed by atoms with Gasteiger partial charge in [0.15, 0.2) is 0 Å². The van der Waals surface area contributed by atoms with Crippen LogP contribution < -0.4 is 11.5 Å². The third kappa shape index (κ3) is 4.84. The number of nitrogens with zero attached hydrogens (tertiary/aromatic N) is 1. The summed E-state index contributed by atoms with van der Waals surface area (Å²) in [5.41, 5.74) is 13.8. The second kappa shape index (κ2) is 8.64. The van der Waals surface area contributed by atoms with Gasteiger partial charge in [-0.1, -0.05) is 19.1 Å². The third-order valence-corrected chi connectivity index (χ3v) is 3.81. The molecule has 0 aliphatic carbocycles. The van der Waals surface area contributed by atoms with Crippen molar-refractivity contribution < 1.29 is 0 Å². The molecule has 0 spiro atoms. The molecular weight excluding hydrogens is 281 g/mol. The number of likely N-dealkylation sites (tertiary alicyclic amines) is 1. The average Bonchev–Trinajstić information content (AvgIpc) is 2.29. The molecule has 4 N–H and O–H groups in total. The van der Waals surface area contributed by atoms with Crippen LogP contribution in [0.4, 0.5) is 5.69 Å². The van der Waals surface area contributed by atoms with Crippen LogP contribution in [0.15, 0.2) is 24.3 Å². The Morgan fingerprint density at radius 1 is 1.32 bits per heavy atom. The van der Waals surface area contributed by atoms with Crippen molar-refractivity contribution in [1.29, 1.82) is 0 Å². The zero-order chi connectivity index (χ0) is 12.3. The molecule has 0 aromatic heterocycles. The van der Waals surface area contributed by atoms with Crippen molar-refractivity contribution >= 4 is 30.5 Å². The molecule has 0 radical (unpaired) electrons. The zero-order valence-electron chi connectivity index (χ0n) is 11.4. The lowest BCUT2D eigenvalue weighted by Crippen LogP contribution is -2.47. The third-order valence-electron chi connectivity index (χ3n) is 3.81. The number of anilines is 1. The Labute approximate surface area is 128 Å². The number of rotatable bonds is 3. The molecule has 19 heavy (non-hydrogen) atoms. The summed E-state index contributed by atoms with van der Waals surface area (Å²) >= 11 is 0. The standard InChI is InChI=1S/C14H23N3.2ClH/c1-11-4-3-7-17(14(11)9-15)10-12-5-2-6-13(16)8-12;;/h2,5-6,8,11,14H,3-4,7,9-10,15-16H2,1H3;2*1H. The number of benzene rings is 1. The second-order valence-electron chi connectivity index (χ2n) is 5.14. The van der Waals surface area contributed by atoms with E-state index in [2.05, 4.69) is 24.0 Å². The van der Waals surface area contributed by atoms with Gasteiger partial charge >= 0.3 is 0 Å². The van der Waals surface area contributed by atoms with Gasteiger partial charge in [0, 0.05) is 24.8 Å². The minimum absolute atomic E-state index is 0. The molecule has 1 fully saturated rings. The van der Waals surface area contributed by atoms with E-state index in [4.69, 9.17) is 11.5 Å². The molecule has 1 aliphatic rings. The molecule has 2 rings (SSSR count). The molecule has 0 bridgehead atoms. The summed E-state index contributed by atoms with van der Waals surface area (Å²) in [6.45, 7) is 5.19. The largest absolute Gasteiger partial charge is 0.399 e. The molecule has 1 aromatic rings. The van der Waals surface area contributed by atoms with Crippen LogP contribution in [0.1, 0.15) is 25.3 Å². The maximum Gasteiger partial charge on any atom is 0.0317 e. The quantitative estimate of drug-likeness (QED) is 0.844. The van der Waals surface area contributed by atoms with Crippen molar-refractivity contribution in [2.75, 3.05) is 18.8 Å². The van der Waals surface area contributed by atoms with Gasteiger partial charge in [-0.3, -0.25) is 4.90 Å². The molecule has 1 aliphatic heterocycles. The van der Waals surface area contributed by atoms with Crippen LogP contribution in [-0.2, 0) is 6.54 Å². The van der Waals surface area contributed by atoms with E-state index in [-0.39, 0.29) is 24.8 Å². The van der Waals surface area contributed by atoms with Crippen LogP contribution in [-0.4, -0.2) is 24.0 Å². The van der Waals surface area contributed by atoms with E-state index in [9.17, 15) is 0 Å².